The summed E-state index contributed by atoms with van der Waals surface area (Å²) >= 11 is 0. The fourth-order valence-corrected chi connectivity index (χ4v) is 2.17. The number of amides is 1. The number of alkyl halides is 3. The van der Waals surface area contributed by atoms with E-state index in [9.17, 15) is 18.0 Å². The van der Waals surface area contributed by atoms with E-state index in [0.29, 0.717) is 6.20 Å². The molecule has 1 aromatic heterocycles. The Labute approximate surface area is 143 Å². The number of nitrogens with one attached hydrogen (secondary N) is 2. The molecule has 0 unspecified atom stereocenters. The van der Waals surface area contributed by atoms with Crippen molar-refractivity contribution in [3.8, 4) is 0 Å². The first kappa shape index (κ1) is 18.8. The van der Waals surface area contributed by atoms with Crippen molar-refractivity contribution in [2.75, 3.05) is 0 Å². The second-order valence-corrected chi connectivity index (χ2v) is 6.57. The second-order valence-electron chi connectivity index (χ2n) is 6.57. The lowest BCUT2D eigenvalue weighted by Crippen LogP contribution is -2.36. The van der Waals surface area contributed by atoms with E-state index in [1.807, 2.05) is 30.3 Å². The van der Waals surface area contributed by atoms with Gasteiger partial charge in [-0.1, -0.05) is 30.3 Å². The second kappa shape index (κ2) is 7.16. The smallest absolute Gasteiger partial charge is 0.432 e. The number of imidazole rings is 1. The largest absolute Gasteiger partial charge is 0.444 e. The summed E-state index contributed by atoms with van der Waals surface area (Å²) in [5.74, 6) is 0.0158. The first-order chi connectivity index (χ1) is 11.5. The molecule has 25 heavy (non-hydrogen) atoms. The van der Waals surface area contributed by atoms with Gasteiger partial charge in [-0.3, -0.25) is 0 Å². The van der Waals surface area contributed by atoms with Crippen molar-refractivity contribution >= 4 is 6.09 Å². The molecule has 1 amide bonds. The lowest BCUT2D eigenvalue weighted by molar-refractivity contribution is -0.141. The summed E-state index contributed by atoms with van der Waals surface area (Å²) in [6.07, 6.45) is -4.28. The van der Waals surface area contributed by atoms with Crippen LogP contribution in [0.2, 0.25) is 0 Å². The maximum absolute atomic E-state index is 12.8. The van der Waals surface area contributed by atoms with Crippen molar-refractivity contribution in [1.82, 2.24) is 15.3 Å². The molecule has 1 aromatic carbocycles. The number of hydrogen-bond donors (Lipinski definition) is 2. The van der Waals surface area contributed by atoms with E-state index in [4.69, 9.17) is 4.74 Å². The minimum absolute atomic E-state index is 0.0158. The molecule has 2 N–H and O–H groups in total. The van der Waals surface area contributed by atoms with Crippen LogP contribution in [-0.4, -0.2) is 21.7 Å². The third kappa shape index (κ3) is 5.81. The van der Waals surface area contributed by atoms with E-state index >= 15 is 0 Å². The number of alkyl carbamates (subject to hydrolysis) is 1. The number of carbonyl (C=O) groups is 1. The molecule has 2 rings (SSSR count). The molecule has 8 heteroatoms. The van der Waals surface area contributed by atoms with Gasteiger partial charge in [0.2, 0.25) is 0 Å². The predicted molar refractivity (Wildman–Crippen MR) is 85.8 cm³/mol. The Morgan fingerprint density at radius 1 is 1.24 bits per heavy atom. The van der Waals surface area contributed by atoms with Crippen LogP contribution in [0.3, 0.4) is 0 Å². The Hall–Kier alpha value is -2.51. The summed E-state index contributed by atoms with van der Waals surface area (Å²) in [7, 11) is 0. The zero-order valence-electron chi connectivity index (χ0n) is 14.1. The first-order valence-corrected chi connectivity index (χ1v) is 7.70. The van der Waals surface area contributed by atoms with Gasteiger partial charge < -0.3 is 15.0 Å². The van der Waals surface area contributed by atoms with Crippen LogP contribution in [-0.2, 0) is 17.3 Å². The Kier molecular flexibility index (Phi) is 5.39. The van der Waals surface area contributed by atoms with Crippen molar-refractivity contribution in [3.63, 3.8) is 0 Å². The zero-order valence-corrected chi connectivity index (χ0v) is 14.1. The number of aromatic amines is 1. The molecule has 0 radical (unpaired) electrons. The number of H-pyrrole nitrogens is 1. The number of nitrogens with zero attached hydrogens (tertiary/aromatic N) is 1. The molecule has 5 nitrogen and oxygen atoms in total. The SMILES string of the molecule is CC(C)(C)OC(=O)N[C@@H](Cc1ccccc1)c1ncc(C(F)(F)F)[nH]1. The minimum Gasteiger partial charge on any atom is -0.444 e. The predicted octanol–water partition coefficient (Wildman–Crippen LogP) is 4.24. The normalized spacial score (nSPS) is 13.4. The molecular weight excluding hydrogens is 335 g/mol. The highest BCUT2D eigenvalue weighted by molar-refractivity contribution is 5.68. The summed E-state index contributed by atoms with van der Waals surface area (Å²) in [5, 5.41) is 2.58. The van der Waals surface area contributed by atoms with Crippen LogP contribution in [0.1, 0.15) is 43.9 Å². The van der Waals surface area contributed by atoms with Gasteiger partial charge in [-0.2, -0.15) is 13.2 Å². The molecular formula is C17H20F3N3O2. The highest BCUT2D eigenvalue weighted by atomic mass is 19.4. The van der Waals surface area contributed by atoms with Crippen LogP contribution in [0.5, 0.6) is 0 Å². The van der Waals surface area contributed by atoms with Crippen LogP contribution in [0.4, 0.5) is 18.0 Å². The van der Waals surface area contributed by atoms with Gasteiger partial charge in [0.25, 0.3) is 0 Å². The van der Waals surface area contributed by atoms with Gasteiger partial charge in [0.05, 0.1) is 12.2 Å². The summed E-state index contributed by atoms with van der Waals surface area (Å²) < 4.78 is 43.6. The van der Waals surface area contributed by atoms with E-state index < -0.39 is 29.6 Å². The maximum Gasteiger partial charge on any atom is 0.432 e. The maximum atomic E-state index is 12.8. The molecule has 1 atom stereocenters. The highest BCUT2D eigenvalue weighted by Crippen LogP contribution is 2.29. The Morgan fingerprint density at radius 2 is 1.88 bits per heavy atom. The Morgan fingerprint density at radius 3 is 2.40 bits per heavy atom. The van der Waals surface area contributed by atoms with Crippen molar-refractivity contribution in [3.05, 3.63) is 53.6 Å². The van der Waals surface area contributed by atoms with Crippen LogP contribution in [0.15, 0.2) is 36.5 Å². The summed E-state index contributed by atoms with van der Waals surface area (Å²) in [4.78, 5) is 18.1. The monoisotopic (exact) mass is 355 g/mol. The van der Waals surface area contributed by atoms with Crippen molar-refractivity contribution in [2.45, 2.75) is 45.0 Å². The molecule has 1 heterocycles. The van der Waals surface area contributed by atoms with E-state index in [1.165, 1.54) is 0 Å². The highest BCUT2D eigenvalue weighted by Gasteiger charge is 2.34. The van der Waals surface area contributed by atoms with Gasteiger partial charge in [-0.15, -0.1) is 0 Å². The number of hydrogen-bond acceptors (Lipinski definition) is 3. The van der Waals surface area contributed by atoms with E-state index in [1.54, 1.807) is 20.8 Å². The van der Waals surface area contributed by atoms with Crippen LogP contribution >= 0.6 is 0 Å². The van der Waals surface area contributed by atoms with Gasteiger partial charge >= 0.3 is 12.3 Å². The fraction of sp³-hybridized carbons (Fsp3) is 0.412. The average molecular weight is 355 g/mol. The molecule has 0 aliphatic rings. The van der Waals surface area contributed by atoms with Gasteiger partial charge in [0.15, 0.2) is 0 Å². The fourth-order valence-electron chi connectivity index (χ4n) is 2.17. The zero-order chi connectivity index (χ0) is 18.7. The molecule has 2 aromatic rings. The molecule has 0 saturated carbocycles. The lowest BCUT2D eigenvalue weighted by atomic mass is 10.1. The van der Waals surface area contributed by atoms with Gasteiger partial charge in [-0.25, -0.2) is 9.78 Å². The van der Waals surface area contributed by atoms with E-state index in [2.05, 4.69) is 15.3 Å². The Bertz CT molecular complexity index is 706. The number of ether oxygens (including phenoxy) is 1. The number of benzene rings is 1. The topological polar surface area (TPSA) is 67.0 Å². The molecule has 136 valence electrons. The minimum atomic E-state index is -4.53. The van der Waals surface area contributed by atoms with Crippen molar-refractivity contribution in [2.24, 2.45) is 0 Å². The summed E-state index contributed by atoms with van der Waals surface area (Å²) in [6, 6.07) is 8.29. The van der Waals surface area contributed by atoms with E-state index in [-0.39, 0.29) is 12.2 Å². The van der Waals surface area contributed by atoms with Crippen LogP contribution in [0, 0.1) is 0 Å². The van der Waals surface area contributed by atoms with Crippen molar-refractivity contribution < 1.29 is 22.7 Å². The summed E-state index contributed by atoms with van der Waals surface area (Å²) in [6.45, 7) is 5.11. The van der Waals surface area contributed by atoms with E-state index in [0.717, 1.165) is 5.56 Å². The number of carbonyl (C=O) groups excluding carboxylic acids is 1. The first-order valence-electron chi connectivity index (χ1n) is 7.70. The standard InChI is InChI=1S/C17H20F3N3O2/c1-16(2,3)25-15(24)22-12(9-11-7-5-4-6-8-11)14-21-10-13(23-14)17(18,19)20/h4-8,10,12H,9H2,1-3H3,(H,21,23)(H,22,24)/t12-/m0/s1. The molecule has 0 spiro atoms. The van der Waals surface area contributed by atoms with Gasteiger partial charge in [0, 0.05) is 6.42 Å². The quantitative estimate of drug-likeness (QED) is 0.862. The van der Waals surface area contributed by atoms with Gasteiger partial charge in [-0.05, 0) is 26.3 Å². The lowest BCUT2D eigenvalue weighted by Gasteiger charge is -2.23. The number of aromatic nitrogens is 2. The van der Waals surface area contributed by atoms with Crippen LogP contribution in [0.25, 0.3) is 0 Å². The molecule has 0 aliphatic heterocycles. The third-order valence-electron chi connectivity index (χ3n) is 3.20. The van der Waals surface area contributed by atoms with Crippen LogP contribution < -0.4 is 5.32 Å². The molecule has 0 aliphatic carbocycles. The van der Waals surface area contributed by atoms with Gasteiger partial charge in [0.1, 0.15) is 17.1 Å². The molecule has 0 saturated heterocycles. The van der Waals surface area contributed by atoms with Crippen molar-refractivity contribution in [1.29, 1.82) is 0 Å². The molecule has 0 bridgehead atoms. The average Bonchev–Trinajstić information content (AvgIpc) is 2.95. The summed E-state index contributed by atoms with van der Waals surface area (Å²) in [5.41, 5.74) is -0.845. The Balaban J connectivity index is 2.22. The molecule has 0 fully saturated rings. The number of halogens is 3. The third-order valence-corrected chi connectivity index (χ3v) is 3.20. The number of rotatable bonds is 4.